The van der Waals surface area contributed by atoms with Crippen molar-refractivity contribution in [1.82, 2.24) is 0 Å². The number of aldehydes is 1. The van der Waals surface area contributed by atoms with Gasteiger partial charge < -0.3 is 23.8 Å². The summed E-state index contributed by atoms with van der Waals surface area (Å²) in [6, 6.07) is 9.40. The molecule has 0 amide bonds. The van der Waals surface area contributed by atoms with Gasteiger partial charge in [-0.2, -0.15) is 26.3 Å². The van der Waals surface area contributed by atoms with E-state index >= 15 is 17.6 Å². The van der Waals surface area contributed by atoms with Gasteiger partial charge in [0.25, 0.3) is 0 Å². The minimum atomic E-state index is -5.68. The first kappa shape index (κ1) is 34.6. The molecule has 0 radical (unpaired) electrons. The summed E-state index contributed by atoms with van der Waals surface area (Å²) in [5.41, 5.74) is -2.30. The predicted molar refractivity (Wildman–Crippen MR) is 166 cm³/mol. The number of hydrogen-bond donors (Lipinski definition) is 0. The van der Waals surface area contributed by atoms with Gasteiger partial charge in [0.15, 0.2) is 6.29 Å². The zero-order valence-corrected chi connectivity index (χ0v) is 26.8. The van der Waals surface area contributed by atoms with Crippen molar-refractivity contribution in [3.05, 3.63) is 62.2 Å². The van der Waals surface area contributed by atoms with Gasteiger partial charge in [0.1, 0.15) is 0 Å². The monoisotopic (exact) mass is 689 g/mol. The Morgan fingerprint density at radius 1 is 0.674 bits per heavy atom. The van der Waals surface area contributed by atoms with E-state index in [2.05, 4.69) is 4.90 Å². The number of hydrogen-bond acceptors (Lipinski definition) is 8. The SMILES string of the molecule is Cc1sc(C=O)cc1C1=C(c2cc(-c3ccc(N4CCOCCOCCOCCOCC4)cc3)sc2C)C(F)(F)C(F)(F)C1(F)F. The maximum Gasteiger partial charge on any atom is 0.380 e. The van der Waals surface area contributed by atoms with Crippen molar-refractivity contribution in [3.63, 3.8) is 0 Å². The van der Waals surface area contributed by atoms with Crippen molar-refractivity contribution in [2.45, 2.75) is 31.6 Å². The number of alkyl halides is 6. The average Bonchev–Trinajstić information content (AvgIpc) is 3.61. The van der Waals surface area contributed by atoms with Gasteiger partial charge in [0.2, 0.25) is 0 Å². The molecule has 46 heavy (non-hydrogen) atoms. The second kappa shape index (κ2) is 14.2. The Morgan fingerprint density at radius 2 is 1.13 bits per heavy atom. The van der Waals surface area contributed by atoms with E-state index in [0.29, 0.717) is 82.7 Å². The molecule has 250 valence electrons. The highest BCUT2D eigenvalue weighted by molar-refractivity contribution is 7.15. The van der Waals surface area contributed by atoms with Crippen LogP contribution >= 0.6 is 22.7 Å². The highest BCUT2D eigenvalue weighted by Gasteiger charge is 2.80. The number of aryl methyl sites for hydroxylation is 2. The maximum absolute atomic E-state index is 15.4. The third-order valence-corrected chi connectivity index (χ3v) is 9.90. The zero-order valence-electron chi connectivity index (χ0n) is 25.2. The van der Waals surface area contributed by atoms with Crippen LogP contribution in [0.15, 0.2) is 36.4 Å². The first-order valence-electron chi connectivity index (χ1n) is 14.6. The Hall–Kier alpha value is -2.75. The summed E-state index contributed by atoms with van der Waals surface area (Å²) < 4.78 is 113. The molecule has 2 aliphatic rings. The lowest BCUT2D eigenvalue weighted by atomic mass is 9.95. The van der Waals surface area contributed by atoms with Crippen LogP contribution in [0.5, 0.6) is 0 Å². The first-order valence-corrected chi connectivity index (χ1v) is 16.2. The number of halogens is 6. The molecule has 2 aromatic heterocycles. The number of benzene rings is 1. The van der Waals surface area contributed by atoms with Gasteiger partial charge in [-0.1, -0.05) is 12.1 Å². The number of anilines is 1. The molecule has 0 bridgehead atoms. The van der Waals surface area contributed by atoms with Crippen molar-refractivity contribution in [3.8, 4) is 10.4 Å². The smallest absolute Gasteiger partial charge is 0.377 e. The summed E-state index contributed by atoms with van der Waals surface area (Å²) in [5.74, 6) is -16.0. The third kappa shape index (κ3) is 6.65. The molecule has 0 saturated carbocycles. The number of carbonyl (C=O) groups is 1. The molecule has 3 aromatic rings. The highest BCUT2D eigenvalue weighted by atomic mass is 32.1. The number of rotatable bonds is 5. The molecule has 6 nitrogen and oxygen atoms in total. The Morgan fingerprint density at radius 3 is 1.61 bits per heavy atom. The van der Waals surface area contributed by atoms with Gasteiger partial charge in [0.05, 0.1) is 57.7 Å². The first-order chi connectivity index (χ1) is 21.9. The highest BCUT2D eigenvalue weighted by Crippen LogP contribution is 2.66. The fourth-order valence-corrected chi connectivity index (χ4v) is 7.32. The topological polar surface area (TPSA) is 57.2 Å². The van der Waals surface area contributed by atoms with Crippen molar-refractivity contribution in [2.24, 2.45) is 0 Å². The van der Waals surface area contributed by atoms with E-state index in [-0.39, 0.29) is 20.2 Å². The molecule has 3 heterocycles. The van der Waals surface area contributed by atoms with E-state index < -0.39 is 34.5 Å². The van der Waals surface area contributed by atoms with Crippen LogP contribution in [0.4, 0.5) is 32.0 Å². The molecule has 1 saturated heterocycles. The Balaban J connectivity index is 1.45. The minimum absolute atomic E-state index is 0.0312. The van der Waals surface area contributed by atoms with Gasteiger partial charge >= 0.3 is 17.8 Å². The van der Waals surface area contributed by atoms with Crippen LogP contribution in [0.3, 0.4) is 0 Å². The number of carbonyl (C=O) groups excluding carboxylic acids is 1. The standard InChI is InChI=1S/C32H33F6NO5S2/c1-20-25(17-24(19-40)45-20)28-29(31(35,36)32(37,38)30(28,33)34)26-18-27(46-21(26)2)22-3-5-23(6-4-22)39-7-9-41-11-13-43-15-16-44-14-12-42-10-8-39/h3-6,17-19H,7-16H2,1-2H3. The van der Waals surface area contributed by atoms with Crippen LogP contribution in [0.1, 0.15) is 30.6 Å². The largest absolute Gasteiger partial charge is 0.380 e. The summed E-state index contributed by atoms with van der Waals surface area (Å²) in [4.78, 5) is 14.0. The van der Waals surface area contributed by atoms with Crippen LogP contribution in [-0.4, -0.2) is 90.0 Å². The van der Waals surface area contributed by atoms with E-state index in [1.165, 1.54) is 19.9 Å². The van der Waals surface area contributed by atoms with Crippen molar-refractivity contribution >= 4 is 45.8 Å². The molecule has 0 unspecified atom stereocenters. The van der Waals surface area contributed by atoms with Gasteiger partial charge in [-0.25, -0.2) is 0 Å². The van der Waals surface area contributed by atoms with E-state index in [0.717, 1.165) is 34.4 Å². The number of thiophene rings is 2. The second-order valence-corrected chi connectivity index (χ2v) is 13.3. The molecule has 1 aromatic carbocycles. The number of allylic oxidation sites excluding steroid dienone is 2. The molecule has 1 aliphatic heterocycles. The number of nitrogens with zero attached hydrogens (tertiary/aromatic N) is 1. The maximum atomic E-state index is 15.4. The lowest BCUT2D eigenvalue weighted by molar-refractivity contribution is -0.254. The molecular weight excluding hydrogens is 656 g/mol. The summed E-state index contributed by atoms with van der Waals surface area (Å²) in [6.07, 6.45) is 0.370. The fraction of sp³-hybridized carbons (Fsp3) is 0.469. The molecule has 0 N–H and O–H groups in total. The number of ether oxygens (including phenoxy) is 4. The zero-order chi connectivity index (χ0) is 33.1. The third-order valence-electron chi connectivity index (χ3n) is 7.82. The minimum Gasteiger partial charge on any atom is -0.377 e. The normalized spacial score (nSPS) is 21.2. The van der Waals surface area contributed by atoms with E-state index in [1.807, 2.05) is 12.1 Å². The second-order valence-electron chi connectivity index (χ2n) is 10.8. The Labute approximate surface area is 270 Å². The van der Waals surface area contributed by atoms with E-state index in [4.69, 9.17) is 18.9 Å². The van der Waals surface area contributed by atoms with Gasteiger partial charge in [-0.15, -0.1) is 22.7 Å². The molecule has 0 spiro atoms. The van der Waals surface area contributed by atoms with Crippen molar-refractivity contribution in [2.75, 3.05) is 70.8 Å². The van der Waals surface area contributed by atoms with Crippen LogP contribution in [0, 0.1) is 13.8 Å². The molecular formula is C32H33F6NO5S2. The fourth-order valence-electron chi connectivity index (χ4n) is 5.43. The molecule has 1 fully saturated rings. The molecule has 1 aliphatic carbocycles. The van der Waals surface area contributed by atoms with Crippen molar-refractivity contribution < 1.29 is 50.1 Å². The van der Waals surface area contributed by atoms with Gasteiger partial charge in [0, 0.05) is 44.6 Å². The van der Waals surface area contributed by atoms with Gasteiger partial charge in [-0.05, 0) is 54.8 Å². The average molecular weight is 690 g/mol. The summed E-state index contributed by atoms with van der Waals surface area (Å²) in [6.45, 7) is 7.47. The quantitative estimate of drug-likeness (QED) is 0.203. The summed E-state index contributed by atoms with van der Waals surface area (Å²) in [7, 11) is 0. The lowest BCUT2D eigenvalue weighted by Gasteiger charge is -2.25. The van der Waals surface area contributed by atoms with Crippen molar-refractivity contribution in [1.29, 1.82) is 0 Å². The van der Waals surface area contributed by atoms with E-state index in [9.17, 15) is 13.6 Å². The Kier molecular flexibility index (Phi) is 10.6. The van der Waals surface area contributed by atoms with Crippen LogP contribution < -0.4 is 4.90 Å². The lowest BCUT2D eigenvalue weighted by Crippen LogP contribution is -2.48. The molecule has 5 rings (SSSR count). The Bertz CT molecular complexity index is 1540. The molecule has 14 heteroatoms. The predicted octanol–water partition coefficient (Wildman–Crippen LogP) is 7.62. The summed E-state index contributed by atoms with van der Waals surface area (Å²) in [5, 5.41) is 0. The molecule has 0 atom stereocenters. The van der Waals surface area contributed by atoms with Crippen LogP contribution in [0.2, 0.25) is 0 Å². The van der Waals surface area contributed by atoms with Crippen LogP contribution in [0.25, 0.3) is 21.6 Å². The summed E-state index contributed by atoms with van der Waals surface area (Å²) >= 11 is 1.82. The van der Waals surface area contributed by atoms with Crippen LogP contribution in [-0.2, 0) is 18.9 Å². The van der Waals surface area contributed by atoms with E-state index in [1.54, 1.807) is 12.1 Å². The van der Waals surface area contributed by atoms with Gasteiger partial charge in [-0.3, -0.25) is 4.79 Å².